The summed E-state index contributed by atoms with van der Waals surface area (Å²) in [5, 5.41) is 3.54. The molecule has 0 aliphatic heterocycles. The molecule has 1 aromatic rings. The molecule has 1 aliphatic rings. The van der Waals surface area contributed by atoms with Gasteiger partial charge in [-0.15, -0.1) is 0 Å². The first-order valence-corrected chi connectivity index (χ1v) is 6.48. The van der Waals surface area contributed by atoms with Crippen molar-refractivity contribution in [1.29, 1.82) is 0 Å². The molecule has 1 fully saturated rings. The summed E-state index contributed by atoms with van der Waals surface area (Å²) in [5.41, 5.74) is 1.36. The maximum Gasteiger partial charge on any atom is 0.0697 e. The van der Waals surface area contributed by atoms with E-state index in [1.54, 1.807) is 0 Å². The van der Waals surface area contributed by atoms with Crippen molar-refractivity contribution in [2.45, 2.75) is 44.2 Å². The summed E-state index contributed by atoms with van der Waals surface area (Å²) in [6.07, 6.45) is 8.48. The summed E-state index contributed by atoms with van der Waals surface area (Å²) in [5.74, 6) is 0. The standard InChI is InChI=1S/C14H22N2O/c1-3-16-13(12-6-4-9-15-11-12)10-14(17-2)7-5-8-14/h4,6,9,11,13,16H,3,5,7-8,10H2,1-2H3. The topological polar surface area (TPSA) is 34.1 Å². The van der Waals surface area contributed by atoms with Crippen molar-refractivity contribution in [3.05, 3.63) is 30.1 Å². The highest BCUT2D eigenvalue weighted by molar-refractivity contribution is 5.15. The van der Waals surface area contributed by atoms with Gasteiger partial charge in [-0.25, -0.2) is 0 Å². The first-order valence-electron chi connectivity index (χ1n) is 6.48. The molecule has 1 heterocycles. The zero-order valence-electron chi connectivity index (χ0n) is 10.8. The van der Waals surface area contributed by atoms with Gasteiger partial charge in [0.1, 0.15) is 0 Å². The van der Waals surface area contributed by atoms with E-state index >= 15 is 0 Å². The molecule has 1 N–H and O–H groups in total. The van der Waals surface area contributed by atoms with Crippen LogP contribution in [0.5, 0.6) is 0 Å². The normalized spacial score (nSPS) is 19.6. The fourth-order valence-electron chi connectivity index (χ4n) is 2.57. The number of rotatable bonds is 6. The highest BCUT2D eigenvalue weighted by Gasteiger charge is 2.39. The molecule has 3 heteroatoms. The molecule has 0 amide bonds. The molecule has 3 nitrogen and oxygen atoms in total. The van der Waals surface area contributed by atoms with Gasteiger partial charge < -0.3 is 10.1 Å². The van der Waals surface area contributed by atoms with E-state index in [1.165, 1.54) is 24.8 Å². The molecule has 1 unspecified atom stereocenters. The van der Waals surface area contributed by atoms with Crippen molar-refractivity contribution in [3.63, 3.8) is 0 Å². The Balaban J connectivity index is 2.07. The molecule has 0 saturated heterocycles. The van der Waals surface area contributed by atoms with Crippen LogP contribution in [0.2, 0.25) is 0 Å². The largest absolute Gasteiger partial charge is 0.378 e. The van der Waals surface area contributed by atoms with Crippen molar-refractivity contribution in [1.82, 2.24) is 10.3 Å². The lowest BCUT2D eigenvalue weighted by Crippen LogP contribution is -2.42. The predicted octanol–water partition coefficient (Wildman–Crippen LogP) is 2.69. The summed E-state index contributed by atoms with van der Waals surface area (Å²) in [6.45, 7) is 3.11. The van der Waals surface area contributed by atoms with Crippen molar-refractivity contribution in [2.75, 3.05) is 13.7 Å². The number of pyridine rings is 1. The summed E-state index contributed by atoms with van der Waals surface area (Å²) < 4.78 is 5.71. The third-order valence-corrected chi connectivity index (χ3v) is 3.81. The average molecular weight is 234 g/mol. The fourth-order valence-corrected chi connectivity index (χ4v) is 2.57. The van der Waals surface area contributed by atoms with Crippen LogP contribution in [0.25, 0.3) is 0 Å². The Kier molecular flexibility index (Phi) is 4.13. The molecule has 94 valence electrons. The van der Waals surface area contributed by atoms with E-state index in [4.69, 9.17) is 4.74 Å². The van der Waals surface area contributed by atoms with Crippen LogP contribution in [0.4, 0.5) is 0 Å². The first kappa shape index (κ1) is 12.5. The van der Waals surface area contributed by atoms with Crippen LogP contribution in [0.1, 0.15) is 44.2 Å². The van der Waals surface area contributed by atoms with Gasteiger partial charge >= 0.3 is 0 Å². The quantitative estimate of drug-likeness (QED) is 0.821. The first-order chi connectivity index (χ1) is 8.29. The summed E-state index contributed by atoms with van der Waals surface area (Å²) in [7, 11) is 1.84. The van der Waals surface area contributed by atoms with Crippen LogP contribution in [0.3, 0.4) is 0 Å². The van der Waals surface area contributed by atoms with Crippen LogP contribution < -0.4 is 5.32 Å². The second-order valence-corrected chi connectivity index (χ2v) is 4.84. The second kappa shape index (κ2) is 5.61. The zero-order valence-corrected chi connectivity index (χ0v) is 10.8. The van der Waals surface area contributed by atoms with Gasteiger partial charge in [0.05, 0.1) is 5.60 Å². The Morgan fingerprint density at radius 3 is 2.82 bits per heavy atom. The molecular weight excluding hydrogens is 212 g/mol. The minimum Gasteiger partial charge on any atom is -0.378 e. The zero-order chi connectivity index (χ0) is 12.1. The van der Waals surface area contributed by atoms with E-state index in [1.807, 2.05) is 25.6 Å². The smallest absolute Gasteiger partial charge is 0.0697 e. The lowest BCUT2D eigenvalue weighted by Gasteiger charge is -2.43. The maximum atomic E-state index is 5.71. The van der Waals surface area contributed by atoms with Gasteiger partial charge in [-0.05, 0) is 43.9 Å². The number of nitrogens with one attached hydrogen (secondary N) is 1. The van der Waals surface area contributed by atoms with Gasteiger partial charge in [0.2, 0.25) is 0 Å². The predicted molar refractivity (Wildman–Crippen MR) is 68.9 cm³/mol. The van der Waals surface area contributed by atoms with E-state index in [0.29, 0.717) is 6.04 Å². The second-order valence-electron chi connectivity index (χ2n) is 4.84. The number of hydrogen-bond acceptors (Lipinski definition) is 3. The molecule has 0 spiro atoms. The Bertz CT molecular complexity index is 330. The van der Waals surface area contributed by atoms with Crippen LogP contribution in [-0.2, 0) is 4.74 Å². The lowest BCUT2D eigenvalue weighted by atomic mass is 9.75. The molecule has 1 saturated carbocycles. The molecule has 0 radical (unpaired) electrons. The molecule has 0 aromatic carbocycles. The Morgan fingerprint density at radius 2 is 2.35 bits per heavy atom. The van der Waals surface area contributed by atoms with E-state index in [0.717, 1.165) is 13.0 Å². The van der Waals surface area contributed by atoms with Crippen LogP contribution >= 0.6 is 0 Å². The number of hydrogen-bond donors (Lipinski definition) is 1. The summed E-state index contributed by atoms with van der Waals surface area (Å²) in [6, 6.07) is 4.50. The van der Waals surface area contributed by atoms with Gasteiger partial charge in [-0.2, -0.15) is 0 Å². The van der Waals surface area contributed by atoms with Crippen LogP contribution in [0, 0.1) is 0 Å². The molecule has 2 rings (SSSR count). The molecular formula is C14H22N2O. The number of aromatic nitrogens is 1. The molecule has 17 heavy (non-hydrogen) atoms. The van der Waals surface area contributed by atoms with Gasteiger partial charge in [-0.3, -0.25) is 4.98 Å². The average Bonchev–Trinajstić information content (AvgIpc) is 2.33. The van der Waals surface area contributed by atoms with Crippen molar-refractivity contribution in [2.24, 2.45) is 0 Å². The SMILES string of the molecule is CCNC(CC1(OC)CCC1)c1cccnc1. The third-order valence-electron chi connectivity index (χ3n) is 3.81. The highest BCUT2D eigenvalue weighted by atomic mass is 16.5. The lowest BCUT2D eigenvalue weighted by molar-refractivity contribution is -0.0837. The molecule has 1 aliphatic carbocycles. The molecule has 0 bridgehead atoms. The van der Waals surface area contributed by atoms with Gasteiger partial charge in [0.25, 0.3) is 0 Å². The number of ether oxygens (including phenoxy) is 1. The monoisotopic (exact) mass is 234 g/mol. The summed E-state index contributed by atoms with van der Waals surface area (Å²) in [4.78, 5) is 4.21. The van der Waals surface area contributed by atoms with Crippen molar-refractivity contribution < 1.29 is 4.74 Å². The number of methoxy groups -OCH3 is 1. The van der Waals surface area contributed by atoms with Crippen LogP contribution in [-0.4, -0.2) is 24.2 Å². The van der Waals surface area contributed by atoms with Crippen molar-refractivity contribution in [3.8, 4) is 0 Å². The van der Waals surface area contributed by atoms with E-state index in [-0.39, 0.29) is 5.60 Å². The van der Waals surface area contributed by atoms with Gasteiger partial charge in [0.15, 0.2) is 0 Å². The highest BCUT2D eigenvalue weighted by Crippen LogP contribution is 2.41. The molecule has 1 atom stereocenters. The van der Waals surface area contributed by atoms with Gasteiger partial charge in [-0.1, -0.05) is 13.0 Å². The van der Waals surface area contributed by atoms with Gasteiger partial charge in [0, 0.05) is 25.5 Å². The van der Waals surface area contributed by atoms with E-state index < -0.39 is 0 Å². The van der Waals surface area contributed by atoms with E-state index in [2.05, 4.69) is 23.3 Å². The van der Waals surface area contributed by atoms with E-state index in [9.17, 15) is 0 Å². The fraction of sp³-hybridized carbons (Fsp3) is 0.643. The molecule has 1 aromatic heterocycles. The summed E-state index contributed by atoms with van der Waals surface area (Å²) >= 11 is 0. The van der Waals surface area contributed by atoms with Crippen LogP contribution in [0.15, 0.2) is 24.5 Å². The minimum absolute atomic E-state index is 0.0999. The Hall–Kier alpha value is -0.930. The number of nitrogens with zero attached hydrogens (tertiary/aromatic N) is 1. The minimum atomic E-state index is 0.0999. The Morgan fingerprint density at radius 1 is 1.53 bits per heavy atom. The van der Waals surface area contributed by atoms with Crippen molar-refractivity contribution >= 4 is 0 Å². The maximum absolute atomic E-state index is 5.71. The Labute approximate surface area is 104 Å². The third kappa shape index (κ3) is 2.85.